The highest BCUT2D eigenvalue weighted by Crippen LogP contribution is 2.63. The van der Waals surface area contributed by atoms with Crippen LogP contribution >= 0.6 is 0 Å². The fourth-order valence-corrected chi connectivity index (χ4v) is 10.1. The lowest BCUT2D eigenvalue weighted by Crippen LogP contribution is -2.32. The van der Waals surface area contributed by atoms with E-state index in [0.717, 1.165) is 95.2 Å². The van der Waals surface area contributed by atoms with E-state index in [1.54, 1.807) is 0 Å². The lowest BCUT2D eigenvalue weighted by molar-refractivity contribution is 0.438. The number of aryl methyl sites for hydroxylation is 2. The zero-order chi connectivity index (χ0) is 42.8. The summed E-state index contributed by atoms with van der Waals surface area (Å²) in [4.78, 5) is 15.0. The van der Waals surface area contributed by atoms with E-state index in [2.05, 4.69) is 219 Å². The Morgan fingerprint density at radius 1 is 0.375 bits per heavy atom. The second kappa shape index (κ2) is 15.0. The highest BCUT2D eigenvalue weighted by molar-refractivity contribution is 5.92. The van der Waals surface area contributed by atoms with E-state index < -0.39 is 5.41 Å². The average Bonchev–Trinajstić information content (AvgIpc) is 3.64. The largest absolute Gasteiger partial charge is 0.456 e. The predicted molar refractivity (Wildman–Crippen MR) is 259 cm³/mol. The van der Waals surface area contributed by atoms with Gasteiger partial charge in [-0.05, 0) is 105 Å². The number of rotatable bonds is 6. The van der Waals surface area contributed by atoms with Crippen LogP contribution in [-0.2, 0) is 5.41 Å². The first-order valence-corrected chi connectivity index (χ1v) is 21.8. The van der Waals surface area contributed by atoms with Crippen LogP contribution in [0.4, 0.5) is 0 Å². The van der Waals surface area contributed by atoms with Gasteiger partial charge in [0, 0.05) is 51.5 Å². The van der Waals surface area contributed by atoms with Gasteiger partial charge in [-0.15, -0.1) is 0 Å². The van der Waals surface area contributed by atoms with Crippen LogP contribution in [0.2, 0.25) is 0 Å². The minimum absolute atomic E-state index is 0.663. The Labute approximate surface area is 373 Å². The molecule has 0 fully saturated rings. The summed E-state index contributed by atoms with van der Waals surface area (Å²) in [6.45, 7) is 4.14. The average molecular weight is 820 g/mol. The standard InChI is InChI=1S/C60H41N3O/c1-38-32-46(37-61-36-38)42-26-24-40(25-27-42)41-28-30-44(31-29-41)51-34-45(59-62-39(2)33-56(63-59)50-19-7-6-16-47(50)43-14-4-3-5-15-43)35-55-58(51)64-57-23-13-12-22-54(57)60(55)52-20-10-8-17-48(52)49-18-9-11-21-53(49)60/h3-37H,1-2H3. The molecule has 10 aromatic rings. The zero-order valence-electron chi connectivity index (χ0n) is 35.5. The molecule has 12 rings (SSSR count). The van der Waals surface area contributed by atoms with Crippen LogP contribution < -0.4 is 4.74 Å². The maximum Gasteiger partial charge on any atom is 0.160 e. The van der Waals surface area contributed by atoms with Crippen LogP contribution in [-0.4, -0.2) is 15.0 Å². The first-order valence-electron chi connectivity index (χ1n) is 21.8. The molecular weight excluding hydrogens is 779 g/mol. The first kappa shape index (κ1) is 37.5. The summed E-state index contributed by atoms with van der Waals surface area (Å²) in [5.74, 6) is 2.35. The minimum Gasteiger partial charge on any atom is -0.456 e. The highest BCUT2D eigenvalue weighted by Gasteiger charge is 2.51. The third-order valence-corrected chi connectivity index (χ3v) is 13.0. The lowest BCUT2D eigenvalue weighted by Gasteiger charge is -2.40. The van der Waals surface area contributed by atoms with Gasteiger partial charge in [-0.2, -0.15) is 0 Å². The maximum absolute atomic E-state index is 7.18. The molecule has 3 heterocycles. The van der Waals surface area contributed by atoms with E-state index in [1.807, 2.05) is 12.4 Å². The summed E-state index contributed by atoms with van der Waals surface area (Å²) in [5, 5.41) is 0. The minimum atomic E-state index is -0.664. The van der Waals surface area contributed by atoms with Gasteiger partial charge in [0.25, 0.3) is 0 Å². The Bertz CT molecular complexity index is 3380. The number of fused-ring (bicyclic) bond motifs is 9. The normalized spacial score (nSPS) is 12.8. The van der Waals surface area contributed by atoms with E-state index in [1.165, 1.54) is 22.3 Å². The van der Waals surface area contributed by atoms with Crippen LogP contribution in [0.15, 0.2) is 213 Å². The molecule has 4 nitrogen and oxygen atoms in total. The highest BCUT2D eigenvalue weighted by atomic mass is 16.5. The van der Waals surface area contributed by atoms with Gasteiger partial charge in [0.05, 0.1) is 11.1 Å². The molecule has 0 atom stereocenters. The quantitative estimate of drug-likeness (QED) is 0.168. The van der Waals surface area contributed by atoms with Crippen LogP contribution in [0.5, 0.6) is 11.5 Å². The van der Waals surface area contributed by atoms with Crippen molar-refractivity contribution in [1.29, 1.82) is 0 Å². The molecule has 1 aliphatic heterocycles. The molecule has 2 aliphatic rings. The van der Waals surface area contributed by atoms with E-state index in [-0.39, 0.29) is 0 Å². The Balaban J connectivity index is 1.07. The van der Waals surface area contributed by atoms with Gasteiger partial charge in [-0.1, -0.05) is 170 Å². The van der Waals surface area contributed by atoms with Gasteiger partial charge < -0.3 is 4.74 Å². The monoisotopic (exact) mass is 819 g/mol. The fraction of sp³-hybridized carbons (Fsp3) is 0.0500. The van der Waals surface area contributed by atoms with Crippen molar-refractivity contribution >= 4 is 0 Å². The molecule has 0 unspecified atom stereocenters. The van der Waals surface area contributed by atoms with Crippen LogP contribution in [0.25, 0.3) is 78.3 Å². The number of hydrogen-bond acceptors (Lipinski definition) is 4. The number of ether oxygens (including phenoxy) is 1. The number of pyridine rings is 1. The van der Waals surface area contributed by atoms with E-state index in [0.29, 0.717) is 5.82 Å². The van der Waals surface area contributed by atoms with Gasteiger partial charge in [0.1, 0.15) is 11.5 Å². The topological polar surface area (TPSA) is 47.9 Å². The smallest absolute Gasteiger partial charge is 0.160 e. The third kappa shape index (κ3) is 6.02. The molecule has 8 aromatic carbocycles. The summed E-state index contributed by atoms with van der Waals surface area (Å²) in [6.07, 6.45) is 3.81. The molecule has 1 spiro atoms. The number of para-hydroxylation sites is 1. The summed E-state index contributed by atoms with van der Waals surface area (Å²) in [6, 6.07) is 71.7. The molecule has 302 valence electrons. The predicted octanol–water partition coefficient (Wildman–Crippen LogP) is 15.0. The Morgan fingerprint density at radius 2 is 0.922 bits per heavy atom. The maximum atomic E-state index is 7.18. The van der Waals surface area contributed by atoms with Crippen LogP contribution in [0.3, 0.4) is 0 Å². The molecule has 0 saturated heterocycles. The van der Waals surface area contributed by atoms with Crippen molar-refractivity contribution in [3.05, 3.63) is 246 Å². The molecule has 0 N–H and O–H groups in total. The molecule has 0 amide bonds. The summed E-state index contributed by atoms with van der Waals surface area (Å²) in [5.41, 5.74) is 20.2. The molecule has 0 saturated carbocycles. The number of benzene rings is 8. The van der Waals surface area contributed by atoms with Crippen molar-refractivity contribution in [2.75, 3.05) is 0 Å². The van der Waals surface area contributed by atoms with Crippen molar-refractivity contribution in [2.45, 2.75) is 19.3 Å². The molecule has 1 aliphatic carbocycles. The van der Waals surface area contributed by atoms with Gasteiger partial charge in [-0.25, -0.2) is 9.97 Å². The van der Waals surface area contributed by atoms with Gasteiger partial charge >= 0.3 is 0 Å². The number of hydrogen-bond donors (Lipinski definition) is 0. The fourth-order valence-electron chi connectivity index (χ4n) is 10.1. The van der Waals surface area contributed by atoms with Gasteiger partial charge in [-0.3, -0.25) is 4.98 Å². The summed E-state index contributed by atoms with van der Waals surface area (Å²) < 4.78 is 7.18. The van der Waals surface area contributed by atoms with E-state index in [4.69, 9.17) is 14.7 Å². The van der Waals surface area contributed by atoms with Crippen LogP contribution in [0, 0.1) is 13.8 Å². The molecule has 0 bridgehead atoms. The Hall–Kier alpha value is -8.21. The number of nitrogens with zero attached hydrogens (tertiary/aromatic N) is 3. The van der Waals surface area contributed by atoms with Gasteiger partial charge in [0.2, 0.25) is 0 Å². The summed E-state index contributed by atoms with van der Waals surface area (Å²) in [7, 11) is 0. The SMILES string of the molecule is Cc1cncc(-c2ccc(-c3ccc(-c4cc(-c5nc(C)cc(-c6ccccc6-c6ccccc6)n5)cc5c4Oc4ccccc4C54c5ccccc5-c5ccccc54)cc3)cc2)c1. The Kier molecular flexibility index (Phi) is 8.80. The second-order valence-electron chi connectivity index (χ2n) is 16.9. The Morgan fingerprint density at radius 3 is 1.59 bits per heavy atom. The molecule has 2 aromatic heterocycles. The summed E-state index contributed by atoms with van der Waals surface area (Å²) >= 11 is 0. The van der Waals surface area contributed by atoms with Crippen molar-refractivity contribution in [2.24, 2.45) is 0 Å². The van der Waals surface area contributed by atoms with Gasteiger partial charge in [0.15, 0.2) is 5.82 Å². The zero-order valence-corrected chi connectivity index (χ0v) is 35.5. The van der Waals surface area contributed by atoms with Crippen molar-refractivity contribution in [3.8, 4) is 89.8 Å². The molecular formula is C60H41N3O. The first-order chi connectivity index (χ1) is 31.5. The van der Waals surface area contributed by atoms with E-state index in [9.17, 15) is 0 Å². The third-order valence-electron chi connectivity index (χ3n) is 13.0. The number of aromatic nitrogens is 3. The molecule has 64 heavy (non-hydrogen) atoms. The second-order valence-corrected chi connectivity index (χ2v) is 16.9. The molecule has 0 radical (unpaired) electrons. The lowest BCUT2D eigenvalue weighted by atomic mass is 9.65. The molecule has 4 heteroatoms. The van der Waals surface area contributed by atoms with Crippen molar-refractivity contribution < 1.29 is 4.74 Å². The van der Waals surface area contributed by atoms with E-state index >= 15 is 0 Å². The van der Waals surface area contributed by atoms with Crippen molar-refractivity contribution in [3.63, 3.8) is 0 Å². The van der Waals surface area contributed by atoms with Crippen molar-refractivity contribution in [1.82, 2.24) is 15.0 Å². The van der Waals surface area contributed by atoms with Crippen LogP contribution in [0.1, 0.15) is 33.5 Å².